The van der Waals surface area contributed by atoms with Gasteiger partial charge in [0.05, 0.1) is 26.4 Å². The number of nitrogens with zero attached hydrogens (tertiary/aromatic N) is 2. The number of ether oxygens (including phenoxy) is 2. The van der Waals surface area contributed by atoms with Crippen molar-refractivity contribution in [1.29, 1.82) is 0 Å². The lowest BCUT2D eigenvalue weighted by atomic mass is 9.96. The normalized spacial score (nSPS) is 22.1. The first-order valence-electron chi connectivity index (χ1n) is 8.76. The molecule has 2 rings (SSSR count). The molecule has 2 fully saturated rings. The minimum Gasteiger partial charge on any atom is -0.379 e. The third-order valence-corrected chi connectivity index (χ3v) is 3.60. The molecule has 132 valence electrons. The van der Waals surface area contributed by atoms with Crippen molar-refractivity contribution in [3.8, 4) is 0 Å². The van der Waals surface area contributed by atoms with E-state index in [-0.39, 0.29) is 0 Å². The Labute approximate surface area is 138 Å². The van der Waals surface area contributed by atoms with Crippen molar-refractivity contribution in [3.63, 3.8) is 0 Å². The smallest absolute Gasteiger partial charge is 0.0594 e. The maximum Gasteiger partial charge on any atom is 0.0594 e. The number of hydrogen-bond acceptors (Lipinski definition) is 4. The zero-order valence-corrected chi connectivity index (χ0v) is 15.8. The van der Waals surface area contributed by atoms with Gasteiger partial charge < -0.3 is 9.47 Å². The van der Waals surface area contributed by atoms with Gasteiger partial charge in [-0.1, -0.05) is 41.5 Å². The number of morpholine rings is 2. The highest BCUT2D eigenvalue weighted by molar-refractivity contribution is 4.71. The second-order valence-electron chi connectivity index (χ2n) is 8.90. The quantitative estimate of drug-likeness (QED) is 0.782. The average molecular weight is 315 g/mol. The molecular formula is C18H38N2O2. The first kappa shape index (κ1) is 19.9. The molecule has 0 N–H and O–H groups in total. The van der Waals surface area contributed by atoms with Gasteiger partial charge in [-0.05, 0) is 10.8 Å². The van der Waals surface area contributed by atoms with E-state index in [4.69, 9.17) is 9.47 Å². The molecule has 0 aromatic carbocycles. The van der Waals surface area contributed by atoms with Crippen LogP contribution in [0.3, 0.4) is 0 Å². The zero-order chi connectivity index (χ0) is 16.6. The molecule has 4 heteroatoms. The summed E-state index contributed by atoms with van der Waals surface area (Å²) in [6.07, 6.45) is 0. The van der Waals surface area contributed by atoms with E-state index in [1.54, 1.807) is 0 Å². The monoisotopic (exact) mass is 314 g/mol. The predicted molar refractivity (Wildman–Crippen MR) is 93.4 cm³/mol. The van der Waals surface area contributed by atoms with Gasteiger partial charge in [-0.25, -0.2) is 0 Å². The van der Waals surface area contributed by atoms with E-state index in [0.29, 0.717) is 10.8 Å². The van der Waals surface area contributed by atoms with Crippen molar-refractivity contribution in [3.05, 3.63) is 0 Å². The molecule has 2 aliphatic heterocycles. The summed E-state index contributed by atoms with van der Waals surface area (Å²) in [7, 11) is 0. The summed E-state index contributed by atoms with van der Waals surface area (Å²) in [6.45, 7) is 24.1. The molecule has 2 aliphatic rings. The van der Waals surface area contributed by atoms with Crippen LogP contribution in [0.15, 0.2) is 0 Å². The summed E-state index contributed by atoms with van der Waals surface area (Å²) < 4.78 is 10.5. The van der Waals surface area contributed by atoms with Gasteiger partial charge in [0.15, 0.2) is 0 Å². The minimum absolute atomic E-state index is 0.428. The van der Waals surface area contributed by atoms with E-state index < -0.39 is 0 Å². The molecule has 0 atom stereocenters. The van der Waals surface area contributed by atoms with E-state index in [1.807, 2.05) is 0 Å². The van der Waals surface area contributed by atoms with Crippen LogP contribution in [0.2, 0.25) is 0 Å². The van der Waals surface area contributed by atoms with Crippen LogP contribution in [0.4, 0.5) is 0 Å². The van der Waals surface area contributed by atoms with Crippen molar-refractivity contribution in [2.24, 2.45) is 10.8 Å². The SMILES string of the molecule is CC(C)(C)CN1CCOCC1.CC(C)(C)CN1CCOCC1. The van der Waals surface area contributed by atoms with Gasteiger partial charge in [0, 0.05) is 39.3 Å². The van der Waals surface area contributed by atoms with E-state index >= 15 is 0 Å². The maximum absolute atomic E-state index is 5.27. The van der Waals surface area contributed by atoms with Crippen LogP contribution in [0.5, 0.6) is 0 Å². The Morgan fingerprint density at radius 3 is 1.09 bits per heavy atom. The van der Waals surface area contributed by atoms with E-state index in [9.17, 15) is 0 Å². The molecule has 22 heavy (non-hydrogen) atoms. The lowest BCUT2D eigenvalue weighted by Gasteiger charge is -2.32. The van der Waals surface area contributed by atoms with Crippen molar-refractivity contribution in [2.75, 3.05) is 65.7 Å². The van der Waals surface area contributed by atoms with Gasteiger partial charge in [-0.3, -0.25) is 9.80 Å². The topological polar surface area (TPSA) is 24.9 Å². The largest absolute Gasteiger partial charge is 0.379 e. The fraction of sp³-hybridized carbons (Fsp3) is 1.00. The van der Waals surface area contributed by atoms with Crippen molar-refractivity contribution in [1.82, 2.24) is 9.80 Å². The van der Waals surface area contributed by atoms with Crippen LogP contribution in [0.1, 0.15) is 41.5 Å². The summed E-state index contributed by atoms with van der Waals surface area (Å²) in [5.41, 5.74) is 0.856. The summed E-state index contributed by atoms with van der Waals surface area (Å²) in [4.78, 5) is 4.95. The Bertz CT molecular complexity index is 252. The lowest BCUT2D eigenvalue weighted by Crippen LogP contribution is -2.41. The molecule has 0 radical (unpaired) electrons. The summed E-state index contributed by atoms with van der Waals surface area (Å²) >= 11 is 0. The molecule has 0 aromatic heterocycles. The Morgan fingerprint density at radius 1 is 0.591 bits per heavy atom. The summed E-state index contributed by atoms with van der Waals surface area (Å²) in [6, 6.07) is 0. The third kappa shape index (κ3) is 10.5. The van der Waals surface area contributed by atoms with Crippen LogP contribution >= 0.6 is 0 Å². The Balaban J connectivity index is 0.000000220. The van der Waals surface area contributed by atoms with E-state index in [1.165, 1.54) is 13.1 Å². The van der Waals surface area contributed by atoms with Gasteiger partial charge >= 0.3 is 0 Å². The highest BCUT2D eigenvalue weighted by atomic mass is 16.5. The van der Waals surface area contributed by atoms with Crippen LogP contribution in [0, 0.1) is 10.8 Å². The van der Waals surface area contributed by atoms with Gasteiger partial charge in [-0.15, -0.1) is 0 Å². The van der Waals surface area contributed by atoms with Gasteiger partial charge in [0.1, 0.15) is 0 Å². The second kappa shape index (κ2) is 9.21. The highest BCUT2D eigenvalue weighted by Crippen LogP contribution is 2.16. The third-order valence-electron chi connectivity index (χ3n) is 3.60. The van der Waals surface area contributed by atoms with Gasteiger partial charge in [-0.2, -0.15) is 0 Å². The Kier molecular flexibility index (Phi) is 8.33. The molecule has 0 aliphatic carbocycles. The van der Waals surface area contributed by atoms with Crippen molar-refractivity contribution < 1.29 is 9.47 Å². The first-order valence-corrected chi connectivity index (χ1v) is 8.76. The average Bonchev–Trinajstić information content (AvgIpc) is 2.38. The van der Waals surface area contributed by atoms with Crippen molar-refractivity contribution in [2.45, 2.75) is 41.5 Å². The molecule has 0 unspecified atom stereocenters. The molecule has 0 saturated carbocycles. The predicted octanol–water partition coefficient (Wildman–Crippen LogP) is 2.73. The van der Waals surface area contributed by atoms with Gasteiger partial charge in [0.25, 0.3) is 0 Å². The highest BCUT2D eigenvalue weighted by Gasteiger charge is 2.18. The standard InChI is InChI=1S/2C9H19NO/c2*1-9(2,3)8-10-4-6-11-7-5-10/h2*4-8H2,1-3H3. The van der Waals surface area contributed by atoms with Crippen LogP contribution < -0.4 is 0 Å². The fourth-order valence-corrected chi connectivity index (χ4v) is 2.86. The van der Waals surface area contributed by atoms with Crippen LogP contribution in [-0.4, -0.2) is 75.5 Å². The first-order chi connectivity index (χ1) is 10.2. The molecule has 4 nitrogen and oxygen atoms in total. The fourth-order valence-electron chi connectivity index (χ4n) is 2.86. The summed E-state index contributed by atoms with van der Waals surface area (Å²) in [5.74, 6) is 0. The van der Waals surface area contributed by atoms with Crippen LogP contribution in [-0.2, 0) is 9.47 Å². The molecule has 0 aromatic rings. The maximum atomic E-state index is 5.27. The molecule has 0 spiro atoms. The zero-order valence-electron chi connectivity index (χ0n) is 15.8. The summed E-state index contributed by atoms with van der Waals surface area (Å²) in [5, 5.41) is 0. The van der Waals surface area contributed by atoms with Gasteiger partial charge in [0.2, 0.25) is 0 Å². The molecule has 0 amide bonds. The van der Waals surface area contributed by atoms with E-state index in [2.05, 4.69) is 51.3 Å². The molecule has 0 bridgehead atoms. The minimum atomic E-state index is 0.428. The van der Waals surface area contributed by atoms with Crippen LogP contribution in [0.25, 0.3) is 0 Å². The lowest BCUT2D eigenvalue weighted by molar-refractivity contribution is 0.0235. The second-order valence-corrected chi connectivity index (χ2v) is 8.90. The van der Waals surface area contributed by atoms with E-state index in [0.717, 1.165) is 52.6 Å². The Morgan fingerprint density at radius 2 is 0.864 bits per heavy atom. The number of hydrogen-bond donors (Lipinski definition) is 0. The number of rotatable bonds is 2. The molecular weight excluding hydrogens is 276 g/mol. The molecule has 2 saturated heterocycles. The van der Waals surface area contributed by atoms with Crippen molar-refractivity contribution >= 4 is 0 Å². The Hall–Kier alpha value is -0.160. The molecule has 2 heterocycles.